The van der Waals surface area contributed by atoms with Crippen molar-refractivity contribution in [3.8, 4) is 0 Å². The Balaban J connectivity index is 0. The van der Waals surface area contributed by atoms with Gasteiger partial charge in [0.05, 0.1) is 0 Å². The van der Waals surface area contributed by atoms with Crippen molar-refractivity contribution in [2.75, 3.05) is 13.6 Å². The Morgan fingerprint density at radius 1 is 1.17 bits per heavy atom. The number of nitrogens with one attached hydrogen (secondary N) is 2. The van der Waals surface area contributed by atoms with Gasteiger partial charge in [-0.05, 0) is 50.6 Å². The summed E-state index contributed by atoms with van der Waals surface area (Å²) in [6.45, 7) is 3.65. The van der Waals surface area contributed by atoms with Crippen LogP contribution in [0.15, 0.2) is 24.3 Å². The van der Waals surface area contributed by atoms with Crippen LogP contribution in [-0.4, -0.2) is 30.2 Å². The predicted octanol–water partition coefficient (Wildman–Crippen LogP) is 4.29. The number of unbranched alkanes of at least 4 members (excludes halogenated alkanes) is 1. The Morgan fingerprint density at radius 3 is 2.25 bits per heavy atom. The molecule has 3 N–H and O–H groups in total. The number of carboxylic acid groups (broad SMARTS) is 1. The van der Waals surface area contributed by atoms with Gasteiger partial charge in [-0.1, -0.05) is 43.5 Å². The summed E-state index contributed by atoms with van der Waals surface area (Å²) in [5.74, 6) is -0.749. The number of hydrogen-bond acceptors (Lipinski definition) is 3. The van der Waals surface area contributed by atoms with Crippen LogP contribution in [0, 0.1) is 0 Å². The van der Waals surface area contributed by atoms with Crippen molar-refractivity contribution in [2.24, 2.45) is 0 Å². The van der Waals surface area contributed by atoms with Crippen molar-refractivity contribution in [1.29, 1.82) is 0 Å². The van der Waals surface area contributed by atoms with Crippen LogP contribution in [0.5, 0.6) is 0 Å². The molecule has 0 bridgehead atoms. The maximum absolute atomic E-state index is 11.6. The third-order valence-electron chi connectivity index (χ3n) is 4.04. The van der Waals surface area contributed by atoms with Crippen LogP contribution >= 0.6 is 36.4 Å². The number of halogens is 3. The Kier molecular flexibility index (Phi) is 14.7. The Morgan fingerprint density at radius 2 is 1.75 bits per heavy atom. The molecule has 1 rings (SSSR count). The number of rotatable bonds is 11. The minimum absolute atomic E-state index is 0. The van der Waals surface area contributed by atoms with Crippen LogP contribution in [0.4, 0.5) is 0 Å². The predicted molar refractivity (Wildman–Crippen MR) is 106 cm³/mol. The highest BCUT2D eigenvalue weighted by molar-refractivity contribution is 6.30. The Bertz CT molecular complexity index is 458. The molecular formula is C17H29Cl3N2O2. The molecule has 1 unspecified atom stereocenters. The second-order valence-corrected chi connectivity index (χ2v) is 6.08. The molecule has 1 aromatic rings. The van der Waals surface area contributed by atoms with Gasteiger partial charge in [0.25, 0.3) is 0 Å². The summed E-state index contributed by atoms with van der Waals surface area (Å²) in [7, 11) is 1.74. The fourth-order valence-corrected chi connectivity index (χ4v) is 2.65. The van der Waals surface area contributed by atoms with E-state index in [9.17, 15) is 9.90 Å². The first-order chi connectivity index (χ1) is 10.5. The second-order valence-electron chi connectivity index (χ2n) is 5.65. The van der Waals surface area contributed by atoms with Crippen LogP contribution < -0.4 is 10.6 Å². The van der Waals surface area contributed by atoms with Crippen LogP contribution in [0.3, 0.4) is 0 Å². The van der Waals surface area contributed by atoms with Crippen LogP contribution in [-0.2, 0) is 11.3 Å². The average molecular weight is 400 g/mol. The molecular weight excluding hydrogens is 371 g/mol. The van der Waals surface area contributed by atoms with Gasteiger partial charge in [0.2, 0.25) is 0 Å². The SMILES string of the molecule is CCCCC(CCCNCc1ccc(Cl)cc1)(NC)C(=O)O.Cl.Cl. The van der Waals surface area contributed by atoms with E-state index in [0.29, 0.717) is 12.8 Å². The molecule has 24 heavy (non-hydrogen) atoms. The lowest BCUT2D eigenvalue weighted by Gasteiger charge is -2.29. The maximum Gasteiger partial charge on any atom is 0.323 e. The zero-order valence-electron chi connectivity index (χ0n) is 14.3. The molecule has 4 nitrogen and oxygen atoms in total. The number of carbonyl (C=O) groups is 1. The molecule has 0 amide bonds. The summed E-state index contributed by atoms with van der Waals surface area (Å²) >= 11 is 5.85. The highest BCUT2D eigenvalue weighted by Crippen LogP contribution is 2.20. The summed E-state index contributed by atoms with van der Waals surface area (Å²) in [4.78, 5) is 11.6. The molecule has 0 heterocycles. The third kappa shape index (κ3) is 8.54. The van der Waals surface area contributed by atoms with Gasteiger partial charge in [0.15, 0.2) is 0 Å². The molecule has 0 fully saturated rings. The van der Waals surface area contributed by atoms with Gasteiger partial charge < -0.3 is 15.7 Å². The molecule has 0 aliphatic carbocycles. The fraction of sp³-hybridized carbons (Fsp3) is 0.588. The summed E-state index contributed by atoms with van der Waals surface area (Å²) < 4.78 is 0. The van der Waals surface area contributed by atoms with E-state index in [1.54, 1.807) is 7.05 Å². The van der Waals surface area contributed by atoms with Gasteiger partial charge in [-0.15, -0.1) is 24.8 Å². The van der Waals surface area contributed by atoms with Crippen molar-refractivity contribution in [3.05, 3.63) is 34.9 Å². The number of benzene rings is 1. The van der Waals surface area contributed by atoms with Crippen LogP contribution in [0.1, 0.15) is 44.6 Å². The van der Waals surface area contributed by atoms with Crippen LogP contribution in [0.25, 0.3) is 0 Å². The van der Waals surface area contributed by atoms with E-state index in [4.69, 9.17) is 11.6 Å². The van der Waals surface area contributed by atoms with E-state index >= 15 is 0 Å². The maximum atomic E-state index is 11.6. The quantitative estimate of drug-likeness (QED) is 0.486. The first kappa shape index (κ1) is 25.7. The highest BCUT2D eigenvalue weighted by atomic mass is 35.5. The normalized spacial score (nSPS) is 12.6. The van der Waals surface area contributed by atoms with Crippen molar-refractivity contribution in [1.82, 2.24) is 10.6 Å². The number of hydrogen-bond donors (Lipinski definition) is 3. The lowest BCUT2D eigenvalue weighted by molar-refractivity contribution is -0.145. The molecule has 0 aliphatic heterocycles. The van der Waals surface area contributed by atoms with Gasteiger partial charge >= 0.3 is 5.97 Å². The first-order valence-corrected chi connectivity index (χ1v) is 8.29. The molecule has 1 atom stereocenters. The molecule has 1 aromatic carbocycles. The molecule has 0 saturated carbocycles. The minimum Gasteiger partial charge on any atom is -0.480 e. The zero-order valence-corrected chi connectivity index (χ0v) is 16.7. The van der Waals surface area contributed by atoms with E-state index < -0.39 is 11.5 Å². The molecule has 0 radical (unpaired) electrons. The van der Waals surface area contributed by atoms with Gasteiger partial charge in [0.1, 0.15) is 5.54 Å². The van der Waals surface area contributed by atoms with Crippen molar-refractivity contribution >= 4 is 42.4 Å². The average Bonchev–Trinajstić information content (AvgIpc) is 2.51. The summed E-state index contributed by atoms with van der Waals surface area (Å²) in [5.41, 5.74) is 0.381. The van der Waals surface area contributed by atoms with Crippen LogP contribution in [0.2, 0.25) is 5.02 Å². The second kappa shape index (κ2) is 13.7. The molecule has 140 valence electrons. The van der Waals surface area contributed by atoms with Gasteiger partial charge in [-0.25, -0.2) is 0 Å². The van der Waals surface area contributed by atoms with E-state index in [0.717, 1.165) is 37.4 Å². The zero-order chi connectivity index (χ0) is 16.4. The largest absolute Gasteiger partial charge is 0.480 e. The third-order valence-corrected chi connectivity index (χ3v) is 4.30. The van der Waals surface area contributed by atoms with E-state index in [-0.39, 0.29) is 24.8 Å². The van der Waals surface area contributed by atoms with E-state index in [1.165, 1.54) is 5.56 Å². The van der Waals surface area contributed by atoms with Gasteiger partial charge in [0, 0.05) is 11.6 Å². The number of carboxylic acids is 1. The molecule has 0 spiro atoms. The molecule has 7 heteroatoms. The highest BCUT2D eigenvalue weighted by Gasteiger charge is 2.35. The summed E-state index contributed by atoms with van der Waals surface area (Å²) in [6, 6.07) is 7.73. The molecule has 0 aromatic heterocycles. The smallest absolute Gasteiger partial charge is 0.323 e. The summed E-state index contributed by atoms with van der Waals surface area (Å²) in [5, 5.41) is 16.6. The first-order valence-electron chi connectivity index (χ1n) is 7.91. The Hall–Kier alpha value is -0.520. The minimum atomic E-state index is -0.794. The topological polar surface area (TPSA) is 61.4 Å². The van der Waals surface area contributed by atoms with Crippen molar-refractivity contribution < 1.29 is 9.90 Å². The number of aliphatic carboxylic acids is 1. The molecule has 0 saturated heterocycles. The van der Waals surface area contributed by atoms with Gasteiger partial charge in [-0.2, -0.15) is 0 Å². The Labute approximate surface area is 162 Å². The lowest BCUT2D eigenvalue weighted by Crippen LogP contribution is -2.50. The fourth-order valence-electron chi connectivity index (χ4n) is 2.52. The standard InChI is InChI=1S/C17H27ClN2O2.2ClH/c1-3-4-10-17(19-2,16(21)22)11-5-12-20-13-14-6-8-15(18)9-7-14;;/h6-9,19-20H,3-5,10-13H2,1-2H3,(H,21,22);2*1H. The van der Waals surface area contributed by atoms with E-state index in [1.807, 2.05) is 24.3 Å². The van der Waals surface area contributed by atoms with Crippen molar-refractivity contribution in [3.63, 3.8) is 0 Å². The van der Waals surface area contributed by atoms with Gasteiger partial charge in [-0.3, -0.25) is 4.79 Å². The van der Waals surface area contributed by atoms with E-state index in [2.05, 4.69) is 17.6 Å². The summed E-state index contributed by atoms with van der Waals surface area (Å²) in [6.07, 6.45) is 4.06. The monoisotopic (exact) mass is 398 g/mol. The molecule has 0 aliphatic rings. The van der Waals surface area contributed by atoms with Crippen molar-refractivity contribution in [2.45, 2.75) is 51.1 Å². The lowest BCUT2D eigenvalue weighted by atomic mass is 9.88. The number of likely N-dealkylation sites (N-methyl/N-ethyl adjacent to an activating group) is 1.